The highest BCUT2D eigenvalue weighted by molar-refractivity contribution is 5.25. The Kier molecular flexibility index (Phi) is 5.34. The average Bonchev–Trinajstić information content (AvgIpc) is 3.17. The molecule has 1 aliphatic carbocycles. The maximum Gasteiger partial charge on any atom is 0.127 e. The van der Waals surface area contributed by atoms with Crippen LogP contribution in [-0.2, 0) is 13.1 Å². The van der Waals surface area contributed by atoms with E-state index in [0.717, 1.165) is 37.5 Å². The molecule has 0 bridgehead atoms. The van der Waals surface area contributed by atoms with Gasteiger partial charge in [-0.3, -0.25) is 0 Å². The fraction of sp³-hybridized carbons (Fsp3) is 0.625. The van der Waals surface area contributed by atoms with Crippen molar-refractivity contribution in [2.24, 2.45) is 5.92 Å². The van der Waals surface area contributed by atoms with E-state index in [1.54, 1.807) is 6.07 Å². The van der Waals surface area contributed by atoms with Crippen LogP contribution in [0.1, 0.15) is 37.3 Å². The number of nitrogens with zero attached hydrogens (tertiary/aromatic N) is 1. The minimum Gasteiger partial charge on any atom is -0.313 e. The van der Waals surface area contributed by atoms with Crippen LogP contribution in [0, 0.1) is 11.7 Å². The summed E-state index contributed by atoms with van der Waals surface area (Å²) in [6.07, 6.45) is 3.81. The van der Waals surface area contributed by atoms with Gasteiger partial charge >= 0.3 is 0 Å². The zero-order valence-electron chi connectivity index (χ0n) is 12.1. The topological polar surface area (TPSA) is 15.3 Å². The number of rotatable bonds is 8. The predicted molar refractivity (Wildman–Crippen MR) is 77.5 cm³/mol. The molecular formula is C16H25FN2. The third kappa shape index (κ3) is 4.92. The SMILES string of the molecule is CCCNCc1ccc(F)c(CN(C)CC2CC2)c1. The Labute approximate surface area is 116 Å². The molecule has 0 unspecified atom stereocenters. The van der Waals surface area contributed by atoms with E-state index in [0.29, 0.717) is 6.54 Å². The lowest BCUT2D eigenvalue weighted by Gasteiger charge is -2.17. The lowest BCUT2D eigenvalue weighted by atomic mass is 10.1. The van der Waals surface area contributed by atoms with E-state index in [1.807, 2.05) is 12.1 Å². The fourth-order valence-corrected chi connectivity index (χ4v) is 2.37. The Hall–Kier alpha value is -0.930. The summed E-state index contributed by atoms with van der Waals surface area (Å²) in [6, 6.07) is 5.48. The van der Waals surface area contributed by atoms with Crippen molar-refractivity contribution in [3.8, 4) is 0 Å². The zero-order chi connectivity index (χ0) is 13.7. The normalized spacial score (nSPS) is 15.2. The number of nitrogens with one attached hydrogen (secondary N) is 1. The molecule has 0 saturated heterocycles. The van der Waals surface area contributed by atoms with Gasteiger partial charge in [0.2, 0.25) is 0 Å². The van der Waals surface area contributed by atoms with Gasteiger partial charge in [0.05, 0.1) is 0 Å². The summed E-state index contributed by atoms with van der Waals surface area (Å²) < 4.78 is 13.8. The van der Waals surface area contributed by atoms with Crippen LogP contribution in [0.2, 0.25) is 0 Å². The van der Waals surface area contributed by atoms with Gasteiger partial charge in [-0.1, -0.05) is 19.1 Å². The quantitative estimate of drug-likeness (QED) is 0.726. The van der Waals surface area contributed by atoms with Crippen LogP contribution in [0.15, 0.2) is 18.2 Å². The molecule has 0 radical (unpaired) electrons. The first-order valence-corrected chi connectivity index (χ1v) is 7.35. The van der Waals surface area contributed by atoms with Crippen LogP contribution in [-0.4, -0.2) is 25.0 Å². The molecule has 1 aromatic rings. The summed E-state index contributed by atoms with van der Waals surface area (Å²) in [4.78, 5) is 2.24. The highest BCUT2D eigenvalue weighted by atomic mass is 19.1. The van der Waals surface area contributed by atoms with Gasteiger partial charge in [0.25, 0.3) is 0 Å². The van der Waals surface area contributed by atoms with E-state index >= 15 is 0 Å². The summed E-state index contributed by atoms with van der Waals surface area (Å²) in [7, 11) is 2.08. The van der Waals surface area contributed by atoms with Gasteiger partial charge in [0.15, 0.2) is 0 Å². The largest absolute Gasteiger partial charge is 0.313 e. The Morgan fingerprint density at radius 3 is 2.84 bits per heavy atom. The molecule has 1 aliphatic rings. The lowest BCUT2D eigenvalue weighted by molar-refractivity contribution is 0.308. The molecule has 19 heavy (non-hydrogen) atoms. The molecule has 0 heterocycles. The van der Waals surface area contributed by atoms with Crippen molar-refractivity contribution in [2.45, 2.75) is 39.3 Å². The molecule has 1 N–H and O–H groups in total. The van der Waals surface area contributed by atoms with Crippen molar-refractivity contribution in [2.75, 3.05) is 20.1 Å². The summed E-state index contributed by atoms with van der Waals surface area (Å²) in [5, 5.41) is 3.36. The van der Waals surface area contributed by atoms with Gasteiger partial charge in [-0.25, -0.2) is 4.39 Å². The summed E-state index contributed by atoms with van der Waals surface area (Å²) in [5.41, 5.74) is 1.99. The summed E-state index contributed by atoms with van der Waals surface area (Å²) >= 11 is 0. The van der Waals surface area contributed by atoms with Crippen molar-refractivity contribution >= 4 is 0 Å². The van der Waals surface area contributed by atoms with E-state index in [1.165, 1.54) is 18.4 Å². The maximum atomic E-state index is 13.8. The van der Waals surface area contributed by atoms with Gasteiger partial charge in [-0.2, -0.15) is 0 Å². The molecule has 0 atom stereocenters. The van der Waals surface area contributed by atoms with E-state index in [9.17, 15) is 4.39 Å². The number of benzene rings is 1. The Balaban J connectivity index is 1.91. The van der Waals surface area contributed by atoms with E-state index < -0.39 is 0 Å². The summed E-state index contributed by atoms with van der Waals surface area (Å²) in [5.74, 6) is 0.768. The van der Waals surface area contributed by atoms with Crippen LogP contribution in [0.4, 0.5) is 4.39 Å². The van der Waals surface area contributed by atoms with E-state index in [4.69, 9.17) is 0 Å². The highest BCUT2D eigenvalue weighted by Gasteiger charge is 2.23. The smallest absolute Gasteiger partial charge is 0.127 e. The van der Waals surface area contributed by atoms with Crippen molar-refractivity contribution in [3.05, 3.63) is 35.1 Å². The van der Waals surface area contributed by atoms with Crippen LogP contribution < -0.4 is 5.32 Å². The van der Waals surface area contributed by atoms with Gasteiger partial charge in [-0.15, -0.1) is 0 Å². The molecule has 0 amide bonds. The molecule has 1 fully saturated rings. The van der Waals surface area contributed by atoms with Crippen molar-refractivity contribution in [1.82, 2.24) is 10.2 Å². The zero-order valence-corrected chi connectivity index (χ0v) is 12.1. The first kappa shape index (κ1) is 14.5. The third-order valence-corrected chi connectivity index (χ3v) is 3.57. The van der Waals surface area contributed by atoms with Gasteiger partial charge in [0, 0.05) is 25.2 Å². The Morgan fingerprint density at radius 2 is 2.16 bits per heavy atom. The first-order chi connectivity index (χ1) is 9.19. The Morgan fingerprint density at radius 1 is 1.37 bits per heavy atom. The van der Waals surface area contributed by atoms with Gasteiger partial charge < -0.3 is 10.2 Å². The van der Waals surface area contributed by atoms with Crippen molar-refractivity contribution in [3.63, 3.8) is 0 Å². The Bertz CT molecular complexity index is 402. The lowest BCUT2D eigenvalue weighted by Crippen LogP contribution is -2.21. The third-order valence-electron chi connectivity index (χ3n) is 3.57. The molecule has 3 heteroatoms. The molecule has 0 aromatic heterocycles. The van der Waals surface area contributed by atoms with Crippen molar-refractivity contribution < 1.29 is 4.39 Å². The standard InChI is InChI=1S/C16H25FN2/c1-3-8-18-10-14-6-7-16(17)15(9-14)12-19(2)11-13-4-5-13/h6-7,9,13,18H,3-5,8,10-12H2,1-2H3. The molecule has 1 saturated carbocycles. The fourth-order valence-electron chi connectivity index (χ4n) is 2.37. The predicted octanol–water partition coefficient (Wildman–Crippen LogP) is 3.17. The van der Waals surface area contributed by atoms with E-state index in [2.05, 4.69) is 24.2 Å². The molecule has 2 nitrogen and oxygen atoms in total. The van der Waals surface area contributed by atoms with Crippen LogP contribution in [0.25, 0.3) is 0 Å². The molecule has 106 valence electrons. The molecule has 1 aromatic carbocycles. The van der Waals surface area contributed by atoms with Crippen molar-refractivity contribution in [1.29, 1.82) is 0 Å². The molecule has 0 aliphatic heterocycles. The second kappa shape index (κ2) is 7.01. The maximum absolute atomic E-state index is 13.8. The second-order valence-electron chi connectivity index (χ2n) is 5.74. The number of hydrogen-bond donors (Lipinski definition) is 1. The second-order valence-corrected chi connectivity index (χ2v) is 5.74. The minimum atomic E-state index is -0.0816. The van der Waals surface area contributed by atoms with Crippen LogP contribution in [0.5, 0.6) is 0 Å². The van der Waals surface area contributed by atoms with Crippen LogP contribution in [0.3, 0.4) is 0 Å². The first-order valence-electron chi connectivity index (χ1n) is 7.35. The highest BCUT2D eigenvalue weighted by Crippen LogP contribution is 2.29. The van der Waals surface area contributed by atoms with Gasteiger partial charge in [0.1, 0.15) is 5.82 Å². The molecular weight excluding hydrogens is 239 g/mol. The van der Waals surface area contributed by atoms with Crippen LogP contribution >= 0.6 is 0 Å². The monoisotopic (exact) mass is 264 g/mol. The van der Waals surface area contributed by atoms with Gasteiger partial charge in [-0.05, 0) is 50.4 Å². The summed E-state index contributed by atoms with van der Waals surface area (Å²) in [6.45, 7) is 5.79. The number of hydrogen-bond acceptors (Lipinski definition) is 2. The molecule has 0 spiro atoms. The number of halogens is 1. The average molecular weight is 264 g/mol. The molecule has 2 rings (SSSR count). The van der Waals surface area contributed by atoms with E-state index in [-0.39, 0.29) is 5.82 Å². The minimum absolute atomic E-state index is 0.0816.